The van der Waals surface area contributed by atoms with Gasteiger partial charge in [0.2, 0.25) is 0 Å². The molecule has 0 radical (unpaired) electrons. The Hall–Kier alpha value is -1.89. The highest BCUT2D eigenvalue weighted by Gasteiger charge is 1.99. The molecule has 2 aromatic carbocycles. The van der Waals surface area contributed by atoms with E-state index in [2.05, 4.69) is 62.0 Å². The molecule has 0 fully saturated rings. The fraction of sp³-hybridized carbons (Fsp3) is 0.235. The summed E-state index contributed by atoms with van der Waals surface area (Å²) in [6.45, 7) is 7.78. The number of nitrogens with zero attached hydrogens (tertiary/aromatic N) is 1. The normalized spacial score (nSPS) is 10.3. The van der Waals surface area contributed by atoms with Crippen LogP contribution < -0.4 is 0 Å². The summed E-state index contributed by atoms with van der Waals surface area (Å²) in [5, 5.41) is 0. The number of hydrogen-bond acceptors (Lipinski definition) is 1. The van der Waals surface area contributed by atoms with Gasteiger partial charge >= 0.3 is 0 Å². The smallest absolute Gasteiger partial charge is 0.0651 e. The van der Waals surface area contributed by atoms with Gasteiger partial charge in [0, 0.05) is 0 Å². The van der Waals surface area contributed by atoms with Gasteiger partial charge in [-0.2, -0.15) is 0 Å². The van der Waals surface area contributed by atoms with Crippen LogP contribution in [0.2, 0.25) is 0 Å². The maximum atomic E-state index is 3.99. The number of hydrogen-bond donors (Lipinski definition) is 0. The monoisotopic (exact) mass is 237 g/mol. The molecular formula is C17H19N. The molecule has 0 spiro atoms. The van der Waals surface area contributed by atoms with E-state index in [1.807, 2.05) is 6.07 Å². The molecule has 0 aromatic heterocycles. The molecule has 18 heavy (non-hydrogen) atoms. The summed E-state index contributed by atoms with van der Waals surface area (Å²) in [6, 6.07) is 15.2. The first kappa shape index (κ1) is 12.6. The lowest BCUT2D eigenvalue weighted by Gasteiger charge is -2.06. The van der Waals surface area contributed by atoms with Crippen molar-refractivity contribution in [1.82, 2.24) is 0 Å². The van der Waals surface area contributed by atoms with Crippen molar-refractivity contribution in [3.8, 4) is 0 Å². The van der Waals surface area contributed by atoms with E-state index in [9.17, 15) is 0 Å². The van der Waals surface area contributed by atoms with Crippen molar-refractivity contribution in [2.24, 2.45) is 4.99 Å². The van der Waals surface area contributed by atoms with E-state index in [1.54, 1.807) is 0 Å². The third kappa shape index (κ3) is 3.07. The SMILES string of the molecule is C=Nc1ccc(CCc2ccc(C)cc2)cc1C. The highest BCUT2D eigenvalue weighted by molar-refractivity contribution is 5.52. The van der Waals surface area contributed by atoms with E-state index in [0.29, 0.717) is 0 Å². The van der Waals surface area contributed by atoms with Gasteiger partial charge in [0.1, 0.15) is 0 Å². The van der Waals surface area contributed by atoms with Gasteiger partial charge in [-0.3, -0.25) is 4.99 Å². The highest BCUT2D eigenvalue weighted by Crippen LogP contribution is 2.20. The molecule has 92 valence electrons. The standard InChI is InChI=1S/C17H19N/c1-13-4-6-15(7-5-13)8-9-16-10-11-17(18-3)14(2)12-16/h4-7,10-12H,3,8-9H2,1-2H3. The first-order valence-electron chi connectivity index (χ1n) is 6.31. The molecule has 0 aliphatic rings. The van der Waals surface area contributed by atoms with Gasteiger partial charge in [-0.15, -0.1) is 0 Å². The van der Waals surface area contributed by atoms with Crippen LogP contribution in [-0.4, -0.2) is 6.72 Å². The lowest BCUT2D eigenvalue weighted by molar-refractivity contribution is 0.957. The zero-order valence-electron chi connectivity index (χ0n) is 11.1. The molecule has 1 heteroatoms. The molecule has 2 rings (SSSR count). The molecule has 0 amide bonds. The fourth-order valence-electron chi connectivity index (χ4n) is 2.09. The molecule has 0 atom stereocenters. The van der Waals surface area contributed by atoms with E-state index >= 15 is 0 Å². The van der Waals surface area contributed by atoms with Crippen LogP contribution >= 0.6 is 0 Å². The Kier molecular flexibility index (Phi) is 3.93. The molecule has 2 aromatic rings. The van der Waals surface area contributed by atoms with E-state index in [-0.39, 0.29) is 0 Å². The van der Waals surface area contributed by atoms with E-state index in [1.165, 1.54) is 22.3 Å². The van der Waals surface area contributed by atoms with Crippen molar-refractivity contribution >= 4 is 12.4 Å². The fourth-order valence-corrected chi connectivity index (χ4v) is 2.09. The van der Waals surface area contributed by atoms with Crippen LogP contribution in [0.4, 0.5) is 5.69 Å². The van der Waals surface area contributed by atoms with Crippen LogP contribution in [0.5, 0.6) is 0 Å². The zero-order chi connectivity index (χ0) is 13.0. The van der Waals surface area contributed by atoms with Crippen molar-refractivity contribution in [3.63, 3.8) is 0 Å². The number of rotatable bonds is 4. The van der Waals surface area contributed by atoms with Crippen molar-refractivity contribution in [2.75, 3.05) is 0 Å². The molecule has 0 N–H and O–H groups in total. The topological polar surface area (TPSA) is 12.4 Å². The van der Waals surface area contributed by atoms with Crippen molar-refractivity contribution < 1.29 is 0 Å². The van der Waals surface area contributed by atoms with Gasteiger partial charge in [-0.1, -0.05) is 42.0 Å². The number of aryl methyl sites for hydroxylation is 4. The van der Waals surface area contributed by atoms with E-state index < -0.39 is 0 Å². The average molecular weight is 237 g/mol. The summed E-state index contributed by atoms with van der Waals surface area (Å²) in [5.74, 6) is 0. The Balaban J connectivity index is 2.04. The first-order valence-corrected chi connectivity index (χ1v) is 6.31. The summed E-state index contributed by atoms with van der Waals surface area (Å²) in [6.07, 6.45) is 2.15. The molecule has 0 bridgehead atoms. The summed E-state index contributed by atoms with van der Waals surface area (Å²) >= 11 is 0. The molecule has 0 heterocycles. The second-order valence-electron chi connectivity index (χ2n) is 4.76. The summed E-state index contributed by atoms with van der Waals surface area (Å²) < 4.78 is 0. The van der Waals surface area contributed by atoms with Crippen LogP contribution in [0.25, 0.3) is 0 Å². The maximum absolute atomic E-state index is 3.99. The Bertz CT molecular complexity index is 538. The molecule has 0 aliphatic carbocycles. The number of benzene rings is 2. The Morgan fingerprint density at radius 2 is 1.50 bits per heavy atom. The second kappa shape index (κ2) is 5.63. The largest absolute Gasteiger partial charge is 0.264 e. The predicted molar refractivity (Wildman–Crippen MR) is 79.0 cm³/mol. The van der Waals surface area contributed by atoms with Gasteiger partial charge in [-0.25, -0.2) is 0 Å². The second-order valence-corrected chi connectivity index (χ2v) is 4.76. The quantitative estimate of drug-likeness (QED) is 0.698. The van der Waals surface area contributed by atoms with Crippen molar-refractivity contribution in [1.29, 1.82) is 0 Å². The van der Waals surface area contributed by atoms with Gasteiger partial charge in [0.25, 0.3) is 0 Å². The number of aliphatic imine (C=N–C) groups is 1. The van der Waals surface area contributed by atoms with Crippen molar-refractivity contribution in [2.45, 2.75) is 26.7 Å². The maximum Gasteiger partial charge on any atom is 0.0651 e. The first-order chi connectivity index (χ1) is 8.69. The minimum atomic E-state index is 0.981. The average Bonchev–Trinajstić information content (AvgIpc) is 2.38. The third-order valence-electron chi connectivity index (χ3n) is 3.25. The molecule has 0 saturated heterocycles. The Morgan fingerprint density at radius 3 is 2.11 bits per heavy atom. The van der Waals surface area contributed by atoms with Crippen LogP contribution in [0.1, 0.15) is 22.3 Å². The van der Waals surface area contributed by atoms with Crippen LogP contribution in [-0.2, 0) is 12.8 Å². The lowest BCUT2D eigenvalue weighted by Crippen LogP contribution is -1.92. The van der Waals surface area contributed by atoms with Gasteiger partial charge in [0.05, 0.1) is 5.69 Å². The molecule has 1 nitrogen and oxygen atoms in total. The van der Waals surface area contributed by atoms with Crippen LogP contribution in [0.3, 0.4) is 0 Å². The summed E-state index contributed by atoms with van der Waals surface area (Å²) in [7, 11) is 0. The van der Waals surface area contributed by atoms with E-state index in [4.69, 9.17) is 0 Å². The van der Waals surface area contributed by atoms with Gasteiger partial charge in [-0.05, 0) is 56.2 Å². The summed E-state index contributed by atoms with van der Waals surface area (Å²) in [4.78, 5) is 3.99. The minimum absolute atomic E-state index is 0.981. The van der Waals surface area contributed by atoms with Gasteiger partial charge < -0.3 is 0 Å². The molecular weight excluding hydrogens is 218 g/mol. The van der Waals surface area contributed by atoms with E-state index in [0.717, 1.165) is 18.5 Å². The summed E-state index contributed by atoms with van der Waals surface area (Å²) in [5.41, 5.74) is 6.25. The predicted octanol–water partition coefficient (Wildman–Crippen LogP) is 4.42. The van der Waals surface area contributed by atoms with Gasteiger partial charge in [0.15, 0.2) is 0 Å². The molecule has 0 unspecified atom stereocenters. The molecule has 0 saturated carbocycles. The Morgan fingerprint density at radius 1 is 0.889 bits per heavy atom. The van der Waals surface area contributed by atoms with Crippen LogP contribution in [0.15, 0.2) is 47.5 Å². The molecule has 0 aliphatic heterocycles. The van der Waals surface area contributed by atoms with Crippen LogP contribution in [0, 0.1) is 13.8 Å². The lowest BCUT2D eigenvalue weighted by atomic mass is 10.0. The minimum Gasteiger partial charge on any atom is -0.264 e. The third-order valence-corrected chi connectivity index (χ3v) is 3.25. The zero-order valence-corrected chi connectivity index (χ0v) is 11.1. The Labute approximate surface area is 109 Å². The highest BCUT2D eigenvalue weighted by atomic mass is 14.7. The van der Waals surface area contributed by atoms with Crippen molar-refractivity contribution in [3.05, 3.63) is 64.7 Å².